The maximum Gasteiger partial charge on any atom is 0.255 e. The molecular weight excluding hydrogens is 410 g/mol. The van der Waals surface area contributed by atoms with E-state index in [4.69, 9.17) is 16.3 Å². The second-order valence-corrected chi connectivity index (χ2v) is 8.71. The van der Waals surface area contributed by atoms with Gasteiger partial charge in [-0.05, 0) is 30.4 Å². The molecule has 3 rings (SSSR count). The van der Waals surface area contributed by atoms with Gasteiger partial charge in [-0.1, -0.05) is 61.7 Å². The van der Waals surface area contributed by atoms with E-state index < -0.39 is 0 Å². The van der Waals surface area contributed by atoms with Crippen LogP contribution in [0.15, 0.2) is 42.5 Å². The number of nitrogens with zero attached hydrogens (tertiary/aromatic N) is 1. The molecule has 2 aromatic carbocycles. The SMILES string of the molecule is CCCC[C@H]1C[C@H](CNC(=O)c2cc(Cl)c(NC)cc2OC)N(Cc2ccccc2)C1. The summed E-state index contributed by atoms with van der Waals surface area (Å²) in [5.41, 5.74) is 2.51. The predicted octanol–water partition coefficient (Wildman–Crippen LogP) is 5.20. The highest BCUT2D eigenvalue weighted by Crippen LogP contribution is 2.31. The van der Waals surface area contributed by atoms with Crippen LogP contribution in [0.5, 0.6) is 5.75 Å². The molecule has 6 heteroatoms. The van der Waals surface area contributed by atoms with Crippen molar-refractivity contribution in [3.63, 3.8) is 0 Å². The molecular formula is C25H34ClN3O2. The van der Waals surface area contributed by atoms with E-state index in [2.05, 4.69) is 46.7 Å². The van der Waals surface area contributed by atoms with Crippen LogP contribution in [0.1, 0.15) is 48.5 Å². The average Bonchev–Trinajstić information content (AvgIpc) is 3.17. The summed E-state index contributed by atoms with van der Waals surface area (Å²) >= 11 is 6.30. The zero-order chi connectivity index (χ0) is 22.2. The highest BCUT2D eigenvalue weighted by atomic mass is 35.5. The quantitative estimate of drug-likeness (QED) is 0.529. The summed E-state index contributed by atoms with van der Waals surface area (Å²) in [5.74, 6) is 1.04. The van der Waals surface area contributed by atoms with E-state index in [1.807, 2.05) is 6.07 Å². The van der Waals surface area contributed by atoms with Crippen LogP contribution in [-0.4, -0.2) is 44.1 Å². The fraction of sp³-hybridized carbons (Fsp3) is 0.480. The normalized spacial score (nSPS) is 18.7. The van der Waals surface area contributed by atoms with Crippen molar-refractivity contribution >= 4 is 23.2 Å². The number of hydrogen-bond donors (Lipinski definition) is 2. The van der Waals surface area contributed by atoms with Gasteiger partial charge in [0.2, 0.25) is 0 Å². The molecule has 1 fully saturated rings. The molecule has 0 unspecified atom stereocenters. The van der Waals surface area contributed by atoms with Crippen molar-refractivity contribution in [1.29, 1.82) is 0 Å². The molecule has 1 saturated heterocycles. The topological polar surface area (TPSA) is 53.6 Å². The van der Waals surface area contributed by atoms with E-state index in [-0.39, 0.29) is 5.91 Å². The molecule has 168 valence electrons. The van der Waals surface area contributed by atoms with E-state index in [0.717, 1.165) is 25.2 Å². The molecule has 0 aromatic heterocycles. The number of carbonyl (C=O) groups is 1. The number of unbranched alkanes of at least 4 members (excludes halogenated alkanes) is 1. The Morgan fingerprint density at radius 1 is 1.26 bits per heavy atom. The molecule has 1 heterocycles. The Kier molecular flexibility index (Phi) is 8.61. The lowest BCUT2D eigenvalue weighted by molar-refractivity contribution is 0.0937. The van der Waals surface area contributed by atoms with Crippen molar-refractivity contribution in [3.8, 4) is 5.75 Å². The number of ether oxygens (including phenoxy) is 1. The number of carbonyl (C=O) groups excluding carboxylic acids is 1. The minimum absolute atomic E-state index is 0.155. The first kappa shape index (κ1) is 23.4. The number of nitrogens with one attached hydrogen (secondary N) is 2. The second-order valence-electron chi connectivity index (χ2n) is 8.31. The van der Waals surface area contributed by atoms with Gasteiger partial charge in [-0.3, -0.25) is 9.69 Å². The van der Waals surface area contributed by atoms with Crippen molar-refractivity contribution in [2.45, 2.75) is 45.2 Å². The van der Waals surface area contributed by atoms with Crippen LogP contribution in [-0.2, 0) is 6.54 Å². The molecule has 2 atom stereocenters. The van der Waals surface area contributed by atoms with Gasteiger partial charge in [-0.2, -0.15) is 0 Å². The maximum atomic E-state index is 13.0. The number of amides is 1. The van der Waals surface area contributed by atoms with Crippen LogP contribution >= 0.6 is 11.6 Å². The van der Waals surface area contributed by atoms with Gasteiger partial charge in [0.05, 0.1) is 23.4 Å². The van der Waals surface area contributed by atoms with Crippen LogP contribution in [0.2, 0.25) is 5.02 Å². The van der Waals surface area contributed by atoms with E-state index in [9.17, 15) is 4.79 Å². The third-order valence-electron chi connectivity index (χ3n) is 6.11. The predicted molar refractivity (Wildman–Crippen MR) is 128 cm³/mol. The molecule has 0 bridgehead atoms. The first-order valence-corrected chi connectivity index (χ1v) is 11.5. The molecule has 0 spiro atoms. The molecule has 2 N–H and O–H groups in total. The summed E-state index contributed by atoms with van der Waals surface area (Å²) in [6.45, 7) is 4.85. The lowest BCUT2D eigenvalue weighted by Crippen LogP contribution is -2.39. The highest BCUT2D eigenvalue weighted by Gasteiger charge is 2.32. The zero-order valence-corrected chi connectivity index (χ0v) is 19.5. The van der Waals surface area contributed by atoms with E-state index in [1.54, 1.807) is 26.3 Å². The Morgan fingerprint density at radius 3 is 2.71 bits per heavy atom. The van der Waals surface area contributed by atoms with Crippen LogP contribution in [0, 0.1) is 5.92 Å². The van der Waals surface area contributed by atoms with E-state index >= 15 is 0 Å². The Balaban J connectivity index is 1.68. The van der Waals surface area contributed by atoms with Gasteiger partial charge in [0.15, 0.2) is 0 Å². The van der Waals surface area contributed by atoms with Gasteiger partial charge in [0, 0.05) is 38.8 Å². The molecule has 0 saturated carbocycles. The monoisotopic (exact) mass is 443 g/mol. The number of likely N-dealkylation sites (tertiary alicyclic amines) is 1. The Bertz CT molecular complexity index is 859. The molecule has 0 radical (unpaired) electrons. The molecule has 31 heavy (non-hydrogen) atoms. The summed E-state index contributed by atoms with van der Waals surface area (Å²) in [6, 6.07) is 14.3. The Labute approximate surface area is 191 Å². The van der Waals surface area contributed by atoms with Crippen LogP contribution < -0.4 is 15.4 Å². The average molecular weight is 444 g/mol. The lowest BCUT2D eigenvalue weighted by Gasteiger charge is -2.25. The van der Waals surface area contributed by atoms with Crippen LogP contribution in [0.3, 0.4) is 0 Å². The van der Waals surface area contributed by atoms with Gasteiger partial charge in [-0.15, -0.1) is 0 Å². The van der Waals surface area contributed by atoms with Gasteiger partial charge >= 0.3 is 0 Å². The Morgan fingerprint density at radius 2 is 2.03 bits per heavy atom. The van der Waals surface area contributed by atoms with Gasteiger partial charge in [0.1, 0.15) is 5.75 Å². The number of rotatable bonds is 10. The van der Waals surface area contributed by atoms with Crippen LogP contribution in [0.25, 0.3) is 0 Å². The minimum Gasteiger partial charge on any atom is -0.496 e. The van der Waals surface area contributed by atoms with E-state index in [1.165, 1.54) is 24.8 Å². The zero-order valence-electron chi connectivity index (χ0n) is 18.8. The molecule has 0 aliphatic carbocycles. The summed E-state index contributed by atoms with van der Waals surface area (Å²) in [5, 5.41) is 6.65. The standard InChI is InChI=1S/C25H34ClN3O2/c1-4-5-9-19-12-20(29(17-19)16-18-10-7-6-8-11-18)15-28-25(30)21-13-22(26)23(27-2)14-24(21)31-3/h6-8,10-11,13-14,19-20,27H,4-5,9,12,15-17H2,1-3H3,(H,28,30)/t19-,20+/m0/s1. The largest absolute Gasteiger partial charge is 0.496 e. The van der Waals surface area contributed by atoms with Gasteiger partial charge in [0.25, 0.3) is 5.91 Å². The summed E-state index contributed by atoms with van der Waals surface area (Å²) in [6.07, 6.45) is 4.85. The van der Waals surface area contributed by atoms with Crippen molar-refractivity contribution < 1.29 is 9.53 Å². The van der Waals surface area contributed by atoms with Crippen LogP contribution in [0.4, 0.5) is 5.69 Å². The number of hydrogen-bond acceptors (Lipinski definition) is 4. The highest BCUT2D eigenvalue weighted by molar-refractivity contribution is 6.33. The summed E-state index contributed by atoms with van der Waals surface area (Å²) < 4.78 is 5.43. The van der Waals surface area contributed by atoms with Gasteiger partial charge in [-0.25, -0.2) is 0 Å². The fourth-order valence-corrected chi connectivity index (χ4v) is 4.67. The molecule has 1 amide bonds. The Hall–Kier alpha value is -2.24. The molecule has 5 nitrogen and oxygen atoms in total. The number of anilines is 1. The number of halogens is 1. The first-order valence-electron chi connectivity index (χ1n) is 11.2. The summed E-state index contributed by atoms with van der Waals surface area (Å²) in [4.78, 5) is 15.5. The maximum absolute atomic E-state index is 13.0. The van der Waals surface area contributed by atoms with Crippen molar-refractivity contribution in [2.24, 2.45) is 5.92 Å². The third kappa shape index (κ3) is 6.14. The smallest absolute Gasteiger partial charge is 0.255 e. The van der Waals surface area contributed by atoms with Crippen molar-refractivity contribution in [1.82, 2.24) is 10.2 Å². The van der Waals surface area contributed by atoms with Crippen molar-refractivity contribution in [2.75, 3.05) is 32.6 Å². The molecule has 1 aliphatic rings. The fourth-order valence-electron chi connectivity index (χ4n) is 4.41. The molecule has 2 aromatic rings. The number of methoxy groups -OCH3 is 1. The number of benzene rings is 2. The lowest BCUT2D eigenvalue weighted by atomic mass is 9.99. The summed E-state index contributed by atoms with van der Waals surface area (Å²) in [7, 11) is 3.35. The molecule has 1 aliphatic heterocycles. The van der Waals surface area contributed by atoms with Crippen molar-refractivity contribution in [3.05, 3.63) is 58.6 Å². The second kappa shape index (κ2) is 11.4. The first-order chi connectivity index (χ1) is 15.0. The van der Waals surface area contributed by atoms with E-state index in [0.29, 0.717) is 34.8 Å². The van der Waals surface area contributed by atoms with Gasteiger partial charge < -0.3 is 15.4 Å². The minimum atomic E-state index is -0.155. The third-order valence-corrected chi connectivity index (χ3v) is 6.42.